The van der Waals surface area contributed by atoms with Crippen LogP contribution < -0.4 is 0 Å². The van der Waals surface area contributed by atoms with E-state index in [1.165, 1.54) is 6.26 Å². The maximum Gasteiger partial charge on any atom is 0.175 e. The van der Waals surface area contributed by atoms with Gasteiger partial charge in [-0.15, -0.1) is 0 Å². The van der Waals surface area contributed by atoms with Crippen molar-refractivity contribution in [2.24, 2.45) is 0 Å². The van der Waals surface area contributed by atoms with E-state index in [2.05, 4.69) is 0 Å². The van der Waals surface area contributed by atoms with Gasteiger partial charge in [0.1, 0.15) is 0 Å². The Kier molecular flexibility index (Phi) is 3.39. The topological polar surface area (TPSA) is 34.1 Å². The van der Waals surface area contributed by atoms with Crippen LogP contribution in [0.3, 0.4) is 0 Å². The van der Waals surface area contributed by atoms with Crippen LogP contribution in [0.5, 0.6) is 0 Å². The first-order valence-corrected chi connectivity index (χ1v) is 7.11. The molecule has 0 saturated heterocycles. The molecule has 0 heterocycles. The van der Waals surface area contributed by atoms with Gasteiger partial charge in [-0.1, -0.05) is 18.2 Å². The van der Waals surface area contributed by atoms with Crippen LogP contribution in [0.15, 0.2) is 29.2 Å². The van der Waals surface area contributed by atoms with Gasteiger partial charge in [0.2, 0.25) is 0 Å². The summed E-state index contributed by atoms with van der Waals surface area (Å²) >= 11 is 1.62. The first-order chi connectivity index (χ1) is 6.05. The molecule has 0 unspecified atom stereocenters. The van der Waals surface area contributed by atoms with Gasteiger partial charge in [-0.2, -0.15) is 11.8 Å². The average Bonchev–Trinajstić information content (AvgIpc) is 2.04. The van der Waals surface area contributed by atoms with Gasteiger partial charge in [-0.25, -0.2) is 8.42 Å². The van der Waals surface area contributed by atoms with E-state index in [1.54, 1.807) is 23.9 Å². The highest BCUT2D eigenvalue weighted by atomic mass is 32.2. The molecule has 0 aliphatic carbocycles. The fraction of sp³-hybridized carbons (Fsp3) is 0.333. The smallest absolute Gasteiger partial charge is 0.175 e. The summed E-state index contributed by atoms with van der Waals surface area (Å²) in [4.78, 5) is 0.448. The quantitative estimate of drug-likeness (QED) is 0.774. The summed E-state index contributed by atoms with van der Waals surface area (Å²) in [6.45, 7) is 0. The second-order valence-corrected chi connectivity index (χ2v) is 5.66. The van der Waals surface area contributed by atoms with Crippen molar-refractivity contribution in [3.63, 3.8) is 0 Å². The average molecular weight is 216 g/mol. The lowest BCUT2D eigenvalue weighted by Crippen LogP contribution is -2.01. The van der Waals surface area contributed by atoms with Gasteiger partial charge >= 0.3 is 0 Å². The highest BCUT2D eigenvalue weighted by molar-refractivity contribution is 7.97. The van der Waals surface area contributed by atoms with Gasteiger partial charge in [0.05, 0.1) is 4.90 Å². The maximum atomic E-state index is 11.3. The van der Waals surface area contributed by atoms with Gasteiger partial charge in [-0.05, 0) is 17.9 Å². The molecular formula is C9H12O2S2. The van der Waals surface area contributed by atoms with Crippen molar-refractivity contribution < 1.29 is 8.42 Å². The molecule has 0 amide bonds. The minimum atomic E-state index is -3.07. The van der Waals surface area contributed by atoms with Crippen LogP contribution in [0.2, 0.25) is 0 Å². The molecule has 0 bridgehead atoms. The van der Waals surface area contributed by atoms with Crippen molar-refractivity contribution in [3.05, 3.63) is 29.8 Å². The van der Waals surface area contributed by atoms with Crippen LogP contribution in [-0.2, 0) is 15.6 Å². The third-order valence-corrected chi connectivity index (χ3v) is 3.47. The van der Waals surface area contributed by atoms with Crippen LogP contribution in [0.25, 0.3) is 0 Å². The van der Waals surface area contributed by atoms with Crippen molar-refractivity contribution in [1.82, 2.24) is 0 Å². The largest absolute Gasteiger partial charge is 0.224 e. The zero-order valence-corrected chi connectivity index (χ0v) is 9.28. The molecule has 0 saturated carbocycles. The summed E-state index contributed by atoms with van der Waals surface area (Å²) in [7, 11) is -3.07. The summed E-state index contributed by atoms with van der Waals surface area (Å²) in [5, 5.41) is 0. The van der Waals surface area contributed by atoms with Crippen molar-refractivity contribution in [2.45, 2.75) is 10.6 Å². The van der Waals surface area contributed by atoms with Crippen LogP contribution in [0, 0.1) is 0 Å². The summed E-state index contributed by atoms with van der Waals surface area (Å²) in [6, 6.07) is 7.12. The lowest BCUT2D eigenvalue weighted by atomic mass is 10.2. The minimum Gasteiger partial charge on any atom is -0.224 e. The number of rotatable bonds is 3. The second kappa shape index (κ2) is 4.15. The summed E-state index contributed by atoms with van der Waals surface area (Å²) < 4.78 is 22.6. The summed E-state index contributed by atoms with van der Waals surface area (Å²) in [5.74, 6) is 0.739. The Labute approximate surface area is 83.3 Å². The predicted octanol–water partition coefficient (Wildman–Crippen LogP) is 1.95. The maximum absolute atomic E-state index is 11.3. The van der Waals surface area contributed by atoms with E-state index in [0.717, 1.165) is 11.3 Å². The molecule has 0 aliphatic rings. The molecule has 72 valence electrons. The second-order valence-electron chi connectivity index (χ2n) is 2.81. The molecule has 13 heavy (non-hydrogen) atoms. The van der Waals surface area contributed by atoms with E-state index in [0.29, 0.717) is 4.90 Å². The molecule has 2 nitrogen and oxygen atoms in total. The number of thioether (sulfide) groups is 1. The highest BCUT2D eigenvalue weighted by Gasteiger charge is 2.11. The fourth-order valence-corrected chi connectivity index (χ4v) is 2.74. The Hall–Kier alpha value is -0.480. The van der Waals surface area contributed by atoms with E-state index in [9.17, 15) is 8.42 Å². The Balaban J connectivity index is 3.20. The van der Waals surface area contributed by atoms with Gasteiger partial charge in [-0.3, -0.25) is 0 Å². The molecule has 0 radical (unpaired) electrons. The number of benzene rings is 1. The molecule has 0 aromatic heterocycles. The Morgan fingerprint density at radius 3 is 2.46 bits per heavy atom. The van der Waals surface area contributed by atoms with E-state index >= 15 is 0 Å². The Bertz CT molecular complexity index is 382. The monoisotopic (exact) mass is 216 g/mol. The molecule has 1 aromatic rings. The third kappa shape index (κ3) is 2.74. The summed E-state index contributed by atoms with van der Waals surface area (Å²) in [5.41, 5.74) is 0.887. The molecule has 0 spiro atoms. The fourth-order valence-electron chi connectivity index (χ4n) is 1.14. The Morgan fingerprint density at radius 2 is 1.92 bits per heavy atom. The molecule has 0 atom stereocenters. The first kappa shape index (κ1) is 10.6. The molecular weight excluding hydrogens is 204 g/mol. The van der Waals surface area contributed by atoms with E-state index in [4.69, 9.17) is 0 Å². The van der Waals surface area contributed by atoms with Crippen molar-refractivity contribution in [3.8, 4) is 0 Å². The Morgan fingerprint density at radius 1 is 1.31 bits per heavy atom. The third-order valence-electron chi connectivity index (χ3n) is 1.67. The first-order valence-electron chi connectivity index (χ1n) is 3.82. The zero-order chi connectivity index (χ0) is 9.90. The zero-order valence-electron chi connectivity index (χ0n) is 7.65. The molecule has 4 heteroatoms. The standard InChI is InChI=1S/C9H12O2S2/c1-12-7-8-5-3-4-6-9(8)13(2,10)11/h3-6H,7H2,1-2H3. The van der Waals surface area contributed by atoms with E-state index < -0.39 is 9.84 Å². The summed E-state index contributed by atoms with van der Waals surface area (Å²) in [6.07, 6.45) is 3.20. The van der Waals surface area contributed by atoms with Crippen LogP contribution in [-0.4, -0.2) is 20.9 Å². The van der Waals surface area contributed by atoms with Gasteiger partial charge in [0, 0.05) is 12.0 Å². The highest BCUT2D eigenvalue weighted by Crippen LogP contribution is 2.18. The number of hydrogen-bond acceptors (Lipinski definition) is 3. The van der Waals surface area contributed by atoms with Gasteiger partial charge in [0.15, 0.2) is 9.84 Å². The predicted molar refractivity (Wildman–Crippen MR) is 56.8 cm³/mol. The lowest BCUT2D eigenvalue weighted by molar-refractivity contribution is 0.601. The molecule has 0 N–H and O–H groups in total. The minimum absolute atomic E-state index is 0.448. The van der Waals surface area contributed by atoms with Crippen LogP contribution in [0.4, 0.5) is 0 Å². The van der Waals surface area contributed by atoms with Crippen LogP contribution in [0.1, 0.15) is 5.56 Å². The molecule has 1 rings (SSSR count). The van der Waals surface area contributed by atoms with Gasteiger partial charge < -0.3 is 0 Å². The lowest BCUT2D eigenvalue weighted by Gasteiger charge is -2.05. The van der Waals surface area contributed by atoms with Crippen LogP contribution >= 0.6 is 11.8 Å². The van der Waals surface area contributed by atoms with E-state index in [-0.39, 0.29) is 0 Å². The molecule has 1 aromatic carbocycles. The SMILES string of the molecule is CSCc1ccccc1S(C)(=O)=O. The molecule has 0 fully saturated rings. The van der Waals surface area contributed by atoms with Crippen molar-refractivity contribution in [1.29, 1.82) is 0 Å². The van der Waals surface area contributed by atoms with Crippen molar-refractivity contribution >= 4 is 21.6 Å². The number of hydrogen-bond donors (Lipinski definition) is 0. The normalized spacial score (nSPS) is 11.5. The van der Waals surface area contributed by atoms with Gasteiger partial charge in [0.25, 0.3) is 0 Å². The number of sulfone groups is 1. The molecule has 0 aliphatic heterocycles. The van der Waals surface area contributed by atoms with E-state index in [1.807, 2.05) is 18.4 Å². The van der Waals surface area contributed by atoms with Crippen molar-refractivity contribution in [2.75, 3.05) is 12.5 Å².